The maximum atomic E-state index is 12.4. The van der Waals surface area contributed by atoms with E-state index in [0.717, 1.165) is 6.42 Å². The second-order valence-corrected chi connectivity index (χ2v) is 8.40. The van der Waals surface area contributed by atoms with Crippen LogP contribution >= 0.6 is 0 Å². The second-order valence-electron chi connectivity index (χ2n) is 8.40. The van der Waals surface area contributed by atoms with Gasteiger partial charge in [-0.3, -0.25) is 14.4 Å². The molecule has 0 spiro atoms. The molecule has 12 nitrogen and oxygen atoms in total. The Labute approximate surface area is 214 Å². The summed E-state index contributed by atoms with van der Waals surface area (Å²) in [7, 11) is 0. The maximum Gasteiger partial charge on any atom is 0.255 e. The van der Waals surface area contributed by atoms with Crippen LogP contribution < -0.4 is 21.3 Å². The van der Waals surface area contributed by atoms with E-state index in [2.05, 4.69) is 21.3 Å². The van der Waals surface area contributed by atoms with Crippen molar-refractivity contribution in [2.45, 2.75) is 38.3 Å². The predicted molar refractivity (Wildman–Crippen MR) is 135 cm³/mol. The topological polar surface area (TPSA) is 200 Å². The highest BCUT2D eigenvalue weighted by atomic mass is 16.3. The lowest BCUT2D eigenvalue weighted by Crippen LogP contribution is -2.52. The smallest absolute Gasteiger partial charge is 0.255 e. The maximum absolute atomic E-state index is 12.4. The molecule has 2 aromatic carbocycles. The number of unbranched alkanes of at least 4 members (excludes halogenated alkanes) is 1. The van der Waals surface area contributed by atoms with Gasteiger partial charge in [-0.15, -0.1) is 0 Å². The van der Waals surface area contributed by atoms with E-state index >= 15 is 0 Å². The number of hydrogen-bond acceptors (Lipinski definition) is 9. The van der Waals surface area contributed by atoms with Crippen LogP contribution in [0.2, 0.25) is 0 Å². The minimum absolute atomic E-state index is 0.00455. The Morgan fingerprint density at radius 3 is 1.84 bits per heavy atom. The number of aromatic hydroxyl groups is 4. The standard InChI is InChI=1S/C25H34N4O8/c1-15(30)20(29-24(36)17-8-5-10-19(32)22(17)34)25(37)28-13-3-2-11-26-12-6-14-27-23(35)16-7-4-9-18(31)21(16)33/h4-5,7-10,15,20,26,30-34H,2-3,6,11-14H2,1H3,(H,27,35)(H,28,37)(H,29,36). The molecule has 0 saturated heterocycles. The molecule has 0 heterocycles. The Morgan fingerprint density at radius 1 is 0.730 bits per heavy atom. The molecule has 2 aromatic rings. The van der Waals surface area contributed by atoms with Crippen molar-refractivity contribution in [3.05, 3.63) is 47.5 Å². The molecular weight excluding hydrogens is 484 g/mol. The van der Waals surface area contributed by atoms with E-state index in [1.54, 1.807) is 0 Å². The van der Waals surface area contributed by atoms with Gasteiger partial charge < -0.3 is 46.8 Å². The van der Waals surface area contributed by atoms with Crippen LogP contribution in [0.5, 0.6) is 23.0 Å². The number of carbonyl (C=O) groups excluding carboxylic acids is 3. The van der Waals surface area contributed by atoms with Gasteiger partial charge in [-0.1, -0.05) is 12.1 Å². The molecule has 0 bridgehead atoms. The number of aliphatic hydroxyl groups is 1. The first-order chi connectivity index (χ1) is 17.6. The first-order valence-corrected chi connectivity index (χ1v) is 11.9. The lowest BCUT2D eigenvalue weighted by molar-refractivity contribution is -0.125. The second kappa shape index (κ2) is 14.5. The SMILES string of the molecule is CC(O)C(NC(=O)c1cccc(O)c1O)C(=O)NCCCCNCCCNC(=O)c1cccc(O)c1O. The van der Waals surface area contributed by atoms with Crippen molar-refractivity contribution in [1.82, 2.24) is 21.3 Å². The van der Waals surface area contributed by atoms with Crippen LogP contribution in [0.1, 0.15) is 46.9 Å². The molecule has 2 unspecified atom stereocenters. The molecule has 0 radical (unpaired) electrons. The van der Waals surface area contributed by atoms with E-state index < -0.39 is 47.1 Å². The highest BCUT2D eigenvalue weighted by molar-refractivity contribution is 6.00. The van der Waals surface area contributed by atoms with Crippen molar-refractivity contribution in [3.63, 3.8) is 0 Å². The fourth-order valence-electron chi connectivity index (χ4n) is 3.39. The number of carbonyl (C=O) groups is 3. The summed E-state index contributed by atoms with van der Waals surface area (Å²) >= 11 is 0. The average molecular weight is 519 g/mol. The van der Waals surface area contributed by atoms with Gasteiger partial charge >= 0.3 is 0 Å². The highest BCUT2D eigenvalue weighted by Crippen LogP contribution is 2.28. The summed E-state index contributed by atoms with van der Waals surface area (Å²) in [6, 6.07) is 6.79. The van der Waals surface area contributed by atoms with Crippen LogP contribution in [-0.4, -0.2) is 81.6 Å². The number of phenols is 4. The predicted octanol–water partition coefficient (Wildman–Crippen LogP) is 0.294. The van der Waals surface area contributed by atoms with Crippen LogP contribution in [0.3, 0.4) is 0 Å². The van der Waals surface area contributed by atoms with Gasteiger partial charge in [-0.05, 0) is 63.5 Å². The Bertz CT molecular complexity index is 1080. The fourth-order valence-corrected chi connectivity index (χ4v) is 3.39. The van der Waals surface area contributed by atoms with Crippen molar-refractivity contribution in [3.8, 4) is 23.0 Å². The molecule has 2 atom stereocenters. The zero-order valence-electron chi connectivity index (χ0n) is 20.5. The van der Waals surface area contributed by atoms with Crippen molar-refractivity contribution < 1.29 is 39.9 Å². The summed E-state index contributed by atoms with van der Waals surface area (Å²) in [6.07, 6.45) is 0.835. The summed E-state index contributed by atoms with van der Waals surface area (Å²) in [5, 5.41) is 59.3. The first kappa shape index (κ1) is 29.2. The molecule has 0 aliphatic rings. The minimum atomic E-state index is -1.25. The Hall–Kier alpha value is -4.03. The normalized spacial score (nSPS) is 12.4. The number of aliphatic hydroxyl groups excluding tert-OH is 1. The van der Waals surface area contributed by atoms with Crippen LogP contribution in [0.25, 0.3) is 0 Å². The quantitative estimate of drug-likeness (QED) is 0.125. The van der Waals surface area contributed by atoms with E-state index in [4.69, 9.17) is 0 Å². The number of para-hydroxylation sites is 2. The third kappa shape index (κ3) is 8.85. The summed E-state index contributed by atoms with van der Waals surface area (Å²) in [5.41, 5.74) is -0.216. The molecular formula is C25H34N4O8. The zero-order valence-corrected chi connectivity index (χ0v) is 20.5. The molecule has 202 valence electrons. The van der Waals surface area contributed by atoms with Crippen molar-refractivity contribution >= 4 is 17.7 Å². The molecule has 0 aliphatic carbocycles. The zero-order chi connectivity index (χ0) is 27.4. The lowest BCUT2D eigenvalue weighted by Gasteiger charge is -2.21. The van der Waals surface area contributed by atoms with Gasteiger partial charge in [0.1, 0.15) is 6.04 Å². The number of benzene rings is 2. The number of phenolic OH excluding ortho intramolecular Hbond substituents is 4. The van der Waals surface area contributed by atoms with Gasteiger partial charge in [-0.2, -0.15) is 0 Å². The molecule has 3 amide bonds. The molecule has 9 N–H and O–H groups in total. The molecule has 0 saturated carbocycles. The van der Waals surface area contributed by atoms with Crippen LogP contribution in [0.15, 0.2) is 36.4 Å². The van der Waals surface area contributed by atoms with Gasteiger partial charge in [0, 0.05) is 13.1 Å². The number of nitrogens with one attached hydrogen (secondary N) is 4. The molecule has 0 fully saturated rings. The fraction of sp³-hybridized carbons (Fsp3) is 0.400. The molecule has 0 aliphatic heterocycles. The molecule has 37 heavy (non-hydrogen) atoms. The van der Waals surface area contributed by atoms with E-state index in [9.17, 15) is 39.9 Å². The molecule has 0 aromatic heterocycles. The van der Waals surface area contributed by atoms with E-state index in [1.165, 1.54) is 43.3 Å². The Morgan fingerprint density at radius 2 is 1.24 bits per heavy atom. The van der Waals surface area contributed by atoms with Gasteiger partial charge in [-0.25, -0.2) is 0 Å². The van der Waals surface area contributed by atoms with Gasteiger partial charge in [0.25, 0.3) is 11.8 Å². The van der Waals surface area contributed by atoms with Gasteiger partial charge in [0.05, 0.1) is 17.2 Å². The average Bonchev–Trinajstić information content (AvgIpc) is 2.86. The molecule has 12 heteroatoms. The van der Waals surface area contributed by atoms with Crippen LogP contribution in [-0.2, 0) is 4.79 Å². The van der Waals surface area contributed by atoms with E-state index in [1.807, 2.05) is 0 Å². The minimum Gasteiger partial charge on any atom is -0.504 e. The van der Waals surface area contributed by atoms with Crippen LogP contribution in [0, 0.1) is 0 Å². The first-order valence-electron chi connectivity index (χ1n) is 11.9. The third-order valence-electron chi connectivity index (χ3n) is 5.47. The Kier molecular flexibility index (Phi) is 11.5. The number of rotatable bonds is 14. The summed E-state index contributed by atoms with van der Waals surface area (Å²) in [6.45, 7) is 3.36. The van der Waals surface area contributed by atoms with Crippen molar-refractivity contribution in [2.75, 3.05) is 26.2 Å². The Balaban J connectivity index is 1.60. The third-order valence-corrected chi connectivity index (χ3v) is 5.47. The summed E-state index contributed by atoms with van der Waals surface area (Å²) < 4.78 is 0. The van der Waals surface area contributed by atoms with E-state index in [0.29, 0.717) is 39.0 Å². The number of hydrogen-bond donors (Lipinski definition) is 9. The van der Waals surface area contributed by atoms with E-state index in [-0.39, 0.29) is 16.9 Å². The van der Waals surface area contributed by atoms with Crippen LogP contribution in [0.4, 0.5) is 0 Å². The lowest BCUT2D eigenvalue weighted by atomic mass is 10.1. The summed E-state index contributed by atoms with van der Waals surface area (Å²) in [5.74, 6) is -3.77. The van der Waals surface area contributed by atoms with Crippen molar-refractivity contribution in [2.24, 2.45) is 0 Å². The van der Waals surface area contributed by atoms with Crippen molar-refractivity contribution in [1.29, 1.82) is 0 Å². The molecule has 2 rings (SSSR count). The summed E-state index contributed by atoms with van der Waals surface area (Å²) in [4.78, 5) is 36.8. The monoisotopic (exact) mass is 518 g/mol. The van der Waals surface area contributed by atoms with Gasteiger partial charge in [0.2, 0.25) is 5.91 Å². The van der Waals surface area contributed by atoms with Gasteiger partial charge in [0.15, 0.2) is 23.0 Å². The highest BCUT2D eigenvalue weighted by Gasteiger charge is 2.27. The largest absolute Gasteiger partial charge is 0.504 e. The number of amides is 3.